The van der Waals surface area contributed by atoms with Crippen molar-refractivity contribution >= 4 is 18.0 Å². The van der Waals surface area contributed by atoms with Crippen LogP contribution >= 0.6 is 0 Å². The van der Waals surface area contributed by atoms with Gasteiger partial charge in [0.15, 0.2) is 5.54 Å². The molecule has 0 radical (unpaired) electrons. The first-order valence-electron chi connectivity index (χ1n) is 6.61. The van der Waals surface area contributed by atoms with Gasteiger partial charge in [-0.05, 0) is 20.8 Å². The normalized spacial score (nSPS) is 22.0. The van der Waals surface area contributed by atoms with E-state index in [0.29, 0.717) is 0 Å². The van der Waals surface area contributed by atoms with E-state index in [-0.39, 0.29) is 32.0 Å². The van der Waals surface area contributed by atoms with E-state index in [1.165, 1.54) is 12.0 Å². The zero-order valence-electron chi connectivity index (χ0n) is 12.8. The van der Waals surface area contributed by atoms with Gasteiger partial charge in [-0.1, -0.05) is 0 Å². The fourth-order valence-electron chi connectivity index (χ4n) is 2.07. The molecule has 0 saturated carbocycles. The van der Waals surface area contributed by atoms with Crippen LogP contribution in [-0.2, 0) is 19.1 Å². The van der Waals surface area contributed by atoms with Crippen LogP contribution in [0.5, 0.6) is 0 Å². The molecule has 0 aliphatic carbocycles. The molecule has 8 nitrogen and oxygen atoms in total. The average molecular weight is 302 g/mol. The fourth-order valence-corrected chi connectivity index (χ4v) is 2.07. The number of likely N-dealkylation sites (tertiary alicyclic amines) is 1. The summed E-state index contributed by atoms with van der Waals surface area (Å²) in [4.78, 5) is 36.4. The number of carbonyl (C=O) groups excluding carboxylic acids is 2. The number of carboxylic acids is 1. The standard InChI is InChI=1S/C13H22N2O6/c1-12(2,3)21-11(19)14-13(10(17)18)5-6-15(8-13)9(16)7-20-4/h5-8H2,1-4H3,(H,14,19)(H,17,18). The molecule has 0 bridgehead atoms. The topological polar surface area (TPSA) is 105 Å². The lowest BCUT2D eigenvalue weighted by molar-refractivity contribution is -0.144. The van der Waals surface area contributed by atoms with Crippen LogP contribution in [0.1, 0.15) is 27.2 Å². The number of methoxy groups -OCH3 is 1. The quantitative estimate of drug-likeness (QED) is 0.769. The maximum absolute atomic E-state index is 11.8. The molecule has 1 heterocycles. The minimum absolute atomic E-state index is 0.107. The number of amides is 2. The van der Waals surface area contributed by atoms with E-state index < -0.39 is 23.2 Å². The highest BCUT2D eigenvalue weighted by Gasteiger charge is 2.48. The Morgan fingerprint density at radius 2 is 1.95 bits per heavy atom. The third-order valence-corrected chi connectivity index (χ3v) is 3.04. The fraction of sp³-hybridized carbons (Fsp3) is 0.769. The summed E-state index contributed by atoms with van der Waals surface area (Å²) in [6, 6.07) is 0. The molecule has 0 aromatic rings. The number of hydrogen-bond acceptors (Lipinski definition) is 5. The van der Waals surface area contributed by atoms with E-state index in [9.17, 15) is 19.5 Å². The van der Waals surface area contributed by atoms with Crippen LogP contribution in [0.25, 0.3) is 0 Å². The van der Waals surface area contributed by atoms with E-state index >= 15 is 0 Å². The van der Waals surface area contributed by atoms with Gasteiger partial charge in [0.2, 0.25) is 5.91 Å². The lowest BCUT2D eigenvalue weighted by Gasteiger charge is -2.28. The molecule has 1 rings (SSSR count). The predicted octanol–water partition coefficient (Wildman–Crippen LogP) is 0.213. The molecule has 21 heavy (non-hydrogen) atoms. The molecule has 1 aliphatic heterocycles. The predicted molar refractivity (Wildman–Crippen MR) is 72.8 cm³/mol. The van der Waals surface area contributed by atoms with Gasteiger partial charge < -0.3 is 24.8 Å². The summed E-state index contributed by atoms with van der Waals surface area (Å²) in [6.07, 6.45) is -0.692. The van der Waals surface area contributed by atoms with Crippen molar-refractivity contribution in [1.29, 1.82) is 0 Å². The summed E-state index contributed by atoms with van der Waals surface area (Å²) >= 11 is 0. The van der Waals surface area contributed by atoms with Gasteiger partial charge >= 0.3 is 12.1 Å². The molecule has 1 saturated heterocycles. The minimum Gasteiger partial charge on any atom is -0.479 e. The summed E-state index contributed by atoms with van der Waals surface area (Å²) in [5.74, 6) is -1.51. The van der Waals surface area contributed by atoms with Crippen LogP contribution in [0.3, 0.4) is 0 Å². The second-order valence-electron chi connectivity index (χ2n) is 6.01. The van der Waals surface area contributed by atoms with Crippen molar-refractivity contribution in [2.75, 3.05) is 26.8 Å². The molecule has 1 unspecified atom stereocenters. The molecule has 2 amide bonds. The number of alkyl carbamates (subject to hydrolysis) is 1. The van der Waals surface area contributed by atoms with Gasteiger partial charge in [0.05, 0.1) is 6.54 Å². The Kier molecular flexibility index (Phi) is 5.16. The summed E-state index contributed by atoms with van der Waals surface area (Å²) in [5, 5.41) is 11.8. The Hall–Kier alpha value is -1.83. The first kappa shape index (κ1) is 17.2. The number of rotatable bonds is 4. The summed E-state index contributed by atoms with van der Waals surface area (Å²) in [7, 11) is 1.39. The Morgan fingerprint density at radius 3 is 2.43 bits per heavy atom. The number of carbonyl (C=O) groups is 3. The third kappa shape index (κ3) is 4.59. The smallest absolute Gasteiger partial charge is 0.408 e. The van der Waals surface area contributed by atoms with Gasteiger partial charge in [-0.15, -0.1) is 0 Å². The van der Waals surface area contributed by atoms with Crippen molar-refractivity contribution in [3.8, 4) is 0 Å². The van der Waals surface area contributed by atoms with Crippen molar-refractivity contribution in [2.24, 2.45) is 0 Å². The zero-order valence-corrected chi connectivity index (χ0v) is 12.8. The van der Waals surface area contributed by atoms with Gasteiger partial charge in [0.1, 0.15) is 12.2 Å². The Balaban J connectivity index is 2.76. The second kappa shape index (κ2) is 6.30. The maximum atomic E-state index is 11.8. The van der Waals surface area contributed by atoms with Crippen molar-refractivity contribution in [1.82, 2.24) is 10.2 Å². The number of ether oxygens (including phenoxy) is 2. The molecule has 8 heteroatoms. The highest BCUT2D eigenvalue weighted by atomic mass is 16.6. The van der Waals surface area contributed by atoms with Crippen molar-refractivity contribution in [3.05, 3.63) is 0 Å². The van der Waals surface area contributed by atoms with Gasteiger partial charge in [-0.25, -0.2) is 9.59 Å². The number of hydrogen-bond donors (Lipinski definition) is 2. The maximum Gasteiger partial charge on any atom is 0.408 e. The number of carboxylic acid groups (broad SMARTS) is 1. The average Bonchev–Trinajstić information content (AvgIpc) is 2.72. The van der Waals surface area contributed by atoms with Crippen molar-refractivity contribution in [3.63, 3.8) is 0 Å². The molecule has 0 aromatic heterocycles. The van der Waals surface area contributed by atoms with Gasteiger partial charge in [0.25, 0.3) is 0 Å². The van der Waals surface area contributed by atoms with E-state index in [1.54, 1.807) is 20.8 Å². The molecular weight excluding hydrogens is 280 g/mol. The monoisotopic (exact) mass is 302 g/mol. The van der Waals surface area contributed by atoms with Crippen molar-refractivity contribution in [2.45, 2.75) is 38.3 Å². The zero-order chi connectivity index (χ0) is 16.3. The van der Waals surface area contributed by atoms with Gasteiger partial charge in [-0.2, -0.15) is 0 Å². The number of aliphatic carboxylic acids is 1. The largest absolute Gasteiger partial charge is 0.479 e. The van der Waals surface area contributed by atoms with E-state index in [0.717, 1.165) is 0 Å². The van der Waals surface area contributed by atoms with Crippen LogP contribution in [0.15, 0.2) is 0 Å². The van der Waals surface area contributed by atoms with E-state index in [2.05, 4.69) is 5.32 Å². The lowest BCUT2D eigenvalue weighted by Crippen LogP contribution is -2.57. The molecule has 1 atom stereocenters. The van der Waals surface area contributed by atoms with Crippen LogP contribution in [0.2, 0.25) is 0 Å². The summed E-state index contributed by atoms with van der Waals surface area (Å²) in [5.41, 5.74) is -2.25. The Morgan fingerprint density at radius 1 is 1.33 bits per heavy atom. The van der Waals surface area contributed by atoms with E-state index in [4.69, 9.17) is 9.47 Å². The van der Waals surface area contributed by atoms with E-state index in [1.807, 2.05) is 0 Å². The van der Waals surface area contributed by atoms with Gasteiger partial charge in [0, 0.05) is 20.1 Å². The molecule has 1 fully saturated rings. The SMILES string of the molecule is COCC(=O)N1CCC(NC(=O)OC(C)(C)C)(C(=O)O)C1. The van der Waals surface area contributed by atoms with Crippen LogP contribution in [0.4, 0.5) is 4.79 Å². The molecule has 2 N–H and O–H groups in total. The van der Waals surface area contributed by atoms with Gasteiger partial charge in [-0.3, -0.25) is 4.79 Å². The summed E-state index contributed by atoms with van der Waals surface area (Å²) < 4.78 is 9.82. The first-order chi connectivity index (χ1) is 9.59. The molecule has 120 valence electrons. The highest BCUT2D eigenvalue weighted by Crippen LogP contribution is 2.23. The van der Waals surface area contributed by atoms with Crippen LogP contribution in [0, 0.1) is 0 Å². The van der Waals surface area contributed by atoms with Crippen LogP contribution < -0.4 is 5.32 Å². The minimum atomic E-state index is -1.52. The summed E-state index contributed by atoms with van der Waals surface area (Å²) in [6.45, 7) is 5.06. The Bertz CT molecular complexity index is 431. The molecule has 0 aromatic carbocycles. The third-order valence-electron chi connectivity index (χ3n) is 3.04. The number of nitrogens with zero attached hydrogens (tertiary/aromatic N) is 1. The molecule has 0 spiro atoms. The number of nitrogens with one attached hydrogen (secondary N) is 1. The second-order valence-corrected chi connectivity index (χ2v) is 6.01. The first-order valence-corrected chi connectivity index (χ1v) is 6.61. The lowest BCUT2D eigenvalue weighted by atomic mass is 9.99. The Labute approximate surface area is 123 Å². The highest BCUT2D eigenvalue weighted by molar-refractivity contribution is 5.87. The molecule has 1 aliphatic rings. The molecular formula is C13H22N2O6. The van der Waals surface area contributed by atoms with Crippen LogP contribution in [-0.4, -0.2) is 65.9 Å². The van der Waals surface area contributed by atoms with Crippen molar-refractivity contribution < 1.29 is 29.0 Å².